The fraction of sp³-hybridized carbons (Fsp3) is 0.571. The Labute approximate surface area is 128 Å². The second-order valence-corrected chi connectivity index (χ2v) is 6.38. The van der Waals surface area contributed by atoms with Crippen molar-refractivity contribution in [3.05, 3.63) is 32.4 Å². The van der Waals surface area contributed by atoms with Crippen molar-refractivity contribution in [1.29, 1.82) is 0 Å². The molecule has 1 saturated heterocycles. The molecular formula is C14H19ClINO. The molecule has 1 aromatic rings. The van der Waals surface area contributed by atoms with Crippen LogP contribution in [0.1, 0.15) is 30.9 Å². The van der Waals surface area contributed by atoms with Gasteiger partial charge in [0.15, 0.2) is 0 Å². The lowest BCUT2D eigenvalue weighted by atomic mass is 9.89. The first-order valence-electron chi connectivity index (χ1n) is 6.40. The number of ether oxygens (including phenoxy) is 1. The highest BCUT2D eigenvalue weighted by Gasteiger charge is 2.19. The van der Waals surface area contributed by atoms with E-state index >= 15 is 0 Å². The molecule has 1 atom stereocenters. The average Bonchev–Trinajstić information content (AvgIpc) is 2.40. The Kier molecular flexibility index (Phi) is 5.73. The van der Waals surface area contributed by atoms with Gasteiger partial charge in [-0.25, -0.2) is 0 Å². The Bertz CT molecular complexity index is 393. The van der Waals surface area contributed by atoms with Crippen LogP contribution in [0, 0.1) is 9.49 Å². The number of benzene rings is 1. The van der Waals surface area contributed by atoms with Crippen LogP contribution in [-0.2, 0) is 4.74 Å². The van der Waals surface area contributed by atoms with Gasteiger partial charge in [-0.3, -0.25) is 0 Å². The monoisotopic (exact) mass is 379 g/mol. The molecule has 0 bridgehead atoms. The molecule has 0 spiro atoms. The lowest BCUT2D eigenvalue weighted by molar-refractivity contribution is 0.0608. The Hall–Kier alpha value is 0.160. The Morgan fingerprint density at radius 1 is 1.44 bits per heavy atom. The van der Waals surface area contributed by atoms with Crippen LogP contribution >= 0.6 is 34.2 Å². The van der Waals surface area contributed by atoms with Gasteiger partial charge in [0.1, 0.15) is 0 Å². The van der Waals surface area contributed by atoms with Crippen LogP contribution < -0.4 is 5.32 Å². The second-order valence-electron chi connectivity index (χ2n) is 4.81. The molecule has 0 amide bonds. The van der Waals surface area contributed by atoms with E-state index in [0.29, 0.717) is 6.04 Å². The standard InChI is InChI=1S/C14H19ClINO/c1-17-14(8-10-4-6-18-7-5-10)11-2-3-13(16)12(15)9-11/h2-3,9-10,14,17H,4-8H2,1H3. The van der Waals surface area contributed by atoms with Gasteiger partial charge in [-0.15, -0.1) is 0 Å². The second kappa shape index (κ2) is 7.08. The van der Waals surface area contributed by atoms with E-state index in [1.54, 1.807) is 0 Å². The molecule has 2 rings (SSSR count). The van der Waals surface area contributed by atoms with E-state index in [2.05, 4.69) is 46.1 Å². The number of rotatable bonds is 4. The largest absolute Gasteiger partial charge is 0.381 e. The molecular weight excluding hydrogens is 361 g/mol. The minimum Gasteiger partial charge on any atom is -0.381 e. The van der Waals surface area contributed by atoms with Crippen LogP contribution in [-0.4, -0.2) is 20.3 Å². The first kappa shape index (κ1) is 14.6. The molecule has 1 aliphatic rings. The summed E-state index contributed by atoms with van der Waals surface area (Å²) in [6, 6.07) is 6.74. The SMILES string of the molecule is CNC(CC1CCOCC1)c1ccc(I)c(Cl)c1. The fourth-order valence-corrected chi connectivity index (χ4v) is 2.99. The summed E-state index contributed by atoms with van der Waals surface area (Å²) in [7, 11) is 2.02. The van der Waals surface area contributed by atoms with Crippen molar-refractivity contribution in [3.63, 3.8) is 0 Å². The maximum Gasteiger partial charge on any atom is 0.0542 e. The van der Waals surface area contributed by atoms with E-state index in [0.717, 1.165) is 34.1 Å². The van der Waals surface area contributed by atoms with Gasteiger partial charge in [-0.2, -0.15) is 0 Å². The topological polar surface area (TPSA) is 21.3 Å². The third-order valence-electron chi connectivity index (χ3n) is 3.60. The first-order chi connectivity index (χ1) is 8.70. The van der Waals surface area contributed by atoms with Crippen LogP contribution in [0.2, 0.25) is 5.02 Å². The minimum atomic E-state index is 0.391. The third kappa shape index (κ3) is 3.83. The van der Waals surface area contributed by atoms with Gasteiger partial charge in [-0.1, -0.05) is 17.7 Å². The van der Waals surface area contributed by atoms with Crippen molar-refractivity contribution in [3.8, 4) is 0 Å². The molecule has 0 radical (unpaired) electrons. The predicted octanol–water partition coefficient (Wildman–Crippen LogP) is 4.02. The van der Waals surface area contributed by atoms with E-state index in [4.69, 9.17) is 16.3 Å². The summed E-state index contributed by atoms with van der Waals surface area (Å²) in [5.41, 5.74) is 1.29. The van der Waals surface area contributed by atoms with Gasteiger partial charge in [0.25, 0.3) is 0 Å². The summed E-state index contributed by atoms with van der Waals surface area (Å²) in [5.74, 6) is 0.759. The maximum atomic E-state index is 6.20. The smallest absolute Gasteiger partial charge is 0.0542 e. The zero-order valence-corrected chi connectivity index (χ0v) is 13.5. The van der Waals surface area contributed by atoms with Crippen LogP contribution in [0.4, 0.5) is 0 Å². The molecule has 1 N–H and O–H groups in total. The Balaban J connectivity index is 2.04. The number of nitrogens with one attached hydrogen (secondary N) is 1. The summed E-state index contributed by atoms with van der Waals surface area (Å²) in [4.78, 5) is 0. The third-order valence-corrected chi connectivity index (χ3v) is 5.18. The molecule has 1 fully saturated rings. The molecule has 0 aliphatic carbocycles. The van der Waals surface area contributed by atoms with Crippen molar-refractivity contribution in [2.24, 2.45) is 5.92 Å². The maximum absolute atomic E-state index is 6.20. The van der Waals surface area contributed by atoms with E-state index in [1.807, 2.05) is 7.05 Å². The summed E-state index contributed by atoms with van der Waals surface area (Å²) >= 11 is 8.47. The molecule has 2 nitrogen and oxygen atoms in total. The summed E-state index contributed by atoms with van der Waals surface area (Å²) in [5, 5.41) is 4.26. The molecule has 1 aliphatic heterocycles. The zero-order chi connectivity index (χ0) is 13.0. The number of halogens is 2. The molecule has 100 valence electrons. The minimum absolute atomic E-state index is 0.391. The zero-order valence-electron chi connectivity index (χ0n) is 10.6. The van der Waals surface area contributed by atoms with Gasteiger partial charge < -0.3 is 10.1 Å². The molecule has 1 heterocycles. The molecule has 0 aromatic heterocycles. The van der Waals surface area contributed by atoms with Gasteiger partial charge in [0.2, 0.25) is 0 Å². The van der Waals surface area contributed by atoms with Crippen molar-refractivity contribution in [2.45, 2.75) is 25.3 Å². The molecule has 18 heavy (non-hydrogen) atoms. The van der Waals surface area contributed by atoms with Gasteiger partial charge in [0, 0.05) is 22.8 Å². The number of hydrogen-bond donors (Lipinski definition) is 1. The highest BCUT2D eigenvalue weighted by Crippen LogP contribution is 2.30. The highest BCUT2D eigenvalue weighted by atomic mass is 127. The van der Waals surface area contributed by atoms with Crippen LogP contribution in [0.5, 0.6) is 0 Å². The lowest BCUT2D eigenvalue weighted by Gasteiger charge is -2.27. The average molecular weight is 380 g/mol. The van der Waals surface area contributed by atoms with Crippen molar-refractivity contribution in [2.75, 3.05) is 20.3 Å². The Morgan fingerprint density at radius 2 is 2.17 bits per heavy atom. The van der Waals surface area contributed by atoms with Gasteiger partial charge >= 0.3 is 0 Å². The quantitative estimate of drug-likeness (QED) is 0.798. The van der Waals surface area contributed by atoms with Crippen LogP contribution in [0.3, 0.4) is 0 Å². The van der Waals surface area contributed by atoms with Crippen molar-refractivity contribution < 1.29 is 4.74 Å². The molecule has 4 heteroatoms. The number of hydrogen-bond acceptors (Lipinski definition) is 2. The van der Waals surface area contributed by atoms with E-state index in [1.165, 1.54) is 18.4 Å². The normalized spacial score (nSPS) is 18.8. The Morgan fingerprint density at radius 3 is 2.78 bits per heavy atom. The fourth-order valence-electron chi connectivity index (χ4n) is 2.47. The van der Waals surface area contributed by atoms with Gasteiger partial charge in [-0.05, 0) is 72.5 Å². The van der Waals surface area contributed by atoms with E-state index < -0.39 is 0 Å². The molecule has 0 saturated carbocycles. The summed E-state index contributed by atoms with van der Waals surface area (Å²) in [6.45, 7) is 1.82. The summed E-state index contributed by atoms with van der Waals surface area (Å²) in [6.07, 6.45) is 3.52. The predicted molar refractivity (Wildman–Crippen MR) is 84.1 cm³/mol. The first-order valence-corrected chi connectivity index (χ1v) is 7.86. The van der Waals surface area contributed by atoms with Crippen LogP contribution in [0.25, 0.3) is 0 Å². The van der Waals surface area contributed by atoms with E-state index in [-0.39, 0.29) is 0 Å². The molecule has 1 aromatic carbocycles. The molecule has 1 unspecified atom stereocenters. The van der Waals surface area contributed by atoms with E-state index in [9.17, 15) is 0 Å². The van der Waals surface area contributed by atoms with Gasteiger partial charge in [0.05, 0.1) is 5.02 Å². The highest BCUT2D eigenvalue weighted by molar-refractivity contribution is 14.1. The summed E-state index contributed by atoms with van der Waals surface area (Å²) < 4.78 is 6.52. The van der Waals surface area contributed by atoms with Crippen molar-refractivity contribution in [1.82, 2.24) is 5.32 Å². The lowest BCUT2D eigenvalue weighted by Crippen LogP contribution is -2.24. The van der Waals surface area contributed by atoms with Crippen LogP contribution in [0.15, 0.2) is 18.2 Å². The van der Waals surface area contributed by atoms with Crippen molar-refractivity contribution >= 4 is 34.2 Å².